The summed E-state index contributed by atoms with van der Waals surface area (Å²) in [6.07, 6.45) is 4.29. The van der Waals surface area contributed by atoms with E-state index in [9.17, 15) is 9.90 Å². The van der Waals surface area contributed by atoms with Crippen LogP contribution in [-0.2, 0) is 13.0 Å². The van der Waals surface area contributed by atoms with Gasteiger partial charge < -0.3 is 15.5 Å². The lowest BCUT2D eigenvalue weighted by molar-refractivity contribution is 0.0694. The summed E-state index contributed by atoms with van der Waals surface area (Å²) < 4.78 is 0. The average Bonchev–Trinajstić information content (AvgIpc) is 2.62. The van der Waals surface area contributed by atoms with E-state index in [2.05, 4.69) is 10.3 Å². The lowest BCUT2D eigenvalue weighted by atomic mass is 10.0. The Labute approximate surface area is 155 Å². The molecule has 0 amide bonds. The summed E-state index contributed by atoms with van der Waals surface area (Å²) in [6, 6.07) is 14.0. The van der Waals surface area contributed by atoms with Gasteiger partial charge in [-0.2, -0.15) is 0 Å². The zero-order valence-corrected chi connectivity index (χ0v) is 14.6. The fraction of sp³-hybridized carbons (Fsp3) is 0.100. The number of phenols is 1. The number of nitrogens with zero attached hydrogens (tertiary/aromatic N) is 1. The second kappa shape index (κ2) is 7.89. The van der Waals surface area contributed by atoms with Gasteiger partial charge in [-0.3, -0.25) is 4.98 Å². The fourth-order valence-corrected chi connectivity index (χ4v) is 2.76. The molecule has 0 aliphatic heterocycles. The monoisotopic (exact) mass is 368 g/mol. The molecule has 0 aliphatic carbocycles. The minimum atomic E-state index is -1.16. The van der Waals surface area contributed by atoms with E-state index in [1.54, 1.807) is 12.3 Å². The van der Waals surface area contributed by atoms with Crippen LogP contribution in [0.5, 0.6) is 5.75 Å². The van der Waals surface area contributed by atoms with E-state index >= 15 is 0 Å². The Morgan fingerprint density at radius 2 is 1.85 bits per heavy atom. The molecular weight excluding hydrogens is 352 g/mol. The molecule has 0 aliphatic rings. The molecule has 3 aromatic rings. The largest absolute Gasteiger partial charge is 0.507 e. The predicted octanol–water partition coefficient (Wildman–Crippen LogP) is 4.34. The van der Waals surface area contributed by atoms with Crippen molar-refractivity contribution >= 4 is 23.3 Å². The summed E-state index contributed by atoms with van der Waals surface area (Å²) in [5.41, 5.74) is 3.79. The van der Waals surface area contributed by atoms with E-state index in [1.165, 1.54) is 12.1 Å². The van der Waals surface area contributed by atoms with Crippen LogP contribution >= 0.6 is 11.6 Å². The number of carboxylic acids is 1. The van der Waals surface area contributed by atoms with Crippen LogP contribution in [0.2, 0.25) is 5.02 Å². The fourth-order valence-electron chi connectivity index (χ4n) is 2.63. The standard InChI is InChI=1S/C20H17ClN2O3/c21-16-3-1-13(2-4-16)9-15-11-22-8-7-14(15)12-23-17-5-6-18(20(25)26)19(24)10-17/h1-8,10-11,23-24H,9,12H2,(H,25,26). The van der Waals surface area contributed by atoms with Gasteiger partial charge in [0, 0.05) is 35.7 Å². The van der Waals surface area contributed by atoms with Crippen molar-refractivity contribution in [2.24, 2.45) is 0 Å². The predicted molar refractivity (Wildman–Crippen MR) is 101 cm³/mol. The first kappa shape index (κ1) is 17.8. The highest BCUT2D eigenvalue weighted by Gasteiger charge is 2.10. The Hall–Kier alpha value is -3.05. The molecule has 1 aromatic heterocycles. The van der Waals surface area contributed by atoms with E-state index < -0.39 is 5.97 Å². The van der Waals surface area contributed by atoms with Crippen LogP contribution in [0.15, 0.2) is 60.9 Å². The molecule has 6 heteroatoms. The Kier molecular flexibility index (Phi) is 5.39. The van der Waals surface area contributed by atoms with Crippen molar-refractivity contribution in [1.29, 1.82) is 0 Å². The number of aromatic hydroxyl groups is 1. The molecule has 0 radical (unpaired) electrons. The van der Waals surface area contributed by atoms with Gasteiger partial charge in [0.2, 0.25) is 0 Å². The molecule has 2 aromatic carbocycles. The lowest BCUT2D eigenvalue weighted by Gasteiger charge is -2.12. The number of halogens is 1. The third-order valence-corrected chi connectivity index (χ3v) is 4.28. The topological polar surface area (TPSA) is 82.5 Å². The Bertz CT molecular complexity index is 927. The van der Waals surface area contributed by atoms with Gasteiger partial charge in [-0.15, -0.1) is 0 Å². The highest BCUT2D eigenvalue weighted by atomic mass is 35.5. The first-order chi connectivity index (χ1) is 12.5. The smallest absolute Gasteiger partial charge is 0.339 e. The third kappa shape index (κ3) is 4.32. The maximum Gasteiger partial charge on any atom is 0.339 e. The summed E-state index contributed by atoms with van der Waals surface area (Å²) in [5, 5.41) is 22.7. The van der Waals surface area contributed by atoms with E-state index in [4.69, 9.17) is 16.7 Å². The number of hydrogen-bond donors (Lipinski definition) is 3. The van der Waals surface area contributed by atoms with Crippen molar-refractivity contribution < 1.29 is 15.0 Å². The van der Waals surface area contributed by atoms with Crippen molar-refractivity contribution in [2.75, 3.05) is 5.32 Å². The van der Waals surface area contributed by atoms with E-state index in [0.717, 1.165) is 23.1 Å². The second-order valence-corrected chi connectivity index (χ2v) is 6.27. The van der Waals surface area contributed by atoms with Gasteiger partial charge in [0.15, 0.2) is 0 Å². The van der Waals surface area contributed by atoms with Gasteiger partial charge in [0.1, 0.15) is 11.3 Å². The zero-order chi connectivity index (χ0) is 18.5. The van der Waals surface area contributed by atoms with Crippen molar-refractivity contribution in [3.8, 4) is 5.75 Å². The molecule has 0 bridgehead atoms. The molecule has 0 fully saturated rings. The minimum absolute atomic E-state index is 0.122. The van der Waals surface area contributed by atoms with Crippen molar-refractivity contribution in [2.45, 2.75) is 13.0 Å². The number of benzene rings is 2. The van der Waals surface area contributed by atoms with Crippen LogP contribution in [-0.4, -0.2) is 21.2 Å². The number of anilines is 1. The number of carbonyl (C=O) groups is 1. The maximum absolute atomic E-state index is 11.0. The molecule has 0 atom stereocenters. The Balaban J connectivity index is 1.73. The third-order valence-electron chi connectivity index (χ3n) is 4.02. The van der Waals surface area contributed by atoms with E-state index in [-0.39, 0.29) is 11.3 Å². The average molecular weight is 369 g/mol. The number of carboxylic acid groups (broad SMARTS) is 1. The quantitative estimate of drug-likeness (QED) is 0.602. The molecule has 3 N–H and O–H groups in total. The molecule has 1 heterocycles. The summed E-state index contributed by atoms with van der Waals surface area (Å²) in [5.74, 6) is -1.42. The lowest BCUT2D eigenvalue weighted by Crippen LogP contribution is -2.05. The molecule has 0 spiro atoms. The van der Waals surface area contributed by atoms with Crippen LogP contribution in [0.1, 0.15) is 27.0 Å². The second-order valence-electron chi connectivity index (χ2n) is 5.84. The summed E-state index contributed by atoms with van der Waals surface area (Å²) in [7, 11) is 0. The van der Waals surface area contributed by atoms with Gasteiger partial charge in [-0.25, -0.2) is 4.79 Å². The summed E-state index contributed by atoms with van der Waals surface area (Å²) >= 11 is 5.93. The van der Waals surface area contributed by atoms with Crippen molar-refractivity contribution in [1.82, 2.24) is 4.98 Å². The van der Waals surface area contributed by atoms with Crippen molar-refractivity contribution in [3.05, 3.63) is 88.2 Å². The SMILES string of the molecule is O=C(O)c1ccc(NCc2ccncc2Cc2ccc(Cl)cc2)cc1O. The van der Waals surface area contributed by atoms with Gasteiger partial charge in [0.25, 0.3) is 0 Å². The number of hydrogen-bond acceptors (Lipinski definition) is 4. The first-order valence-corrected chi connectivity index (χ1v) is 8.37. The number of nitrogens with one attached hydrogen (secondary N) is 1. The van der Waals surface area contributed by atoms with Crippen LogP contribution in [0.4, 0.5) is 5.69 Å². The van der Waals surface area contributed by atoms with Crippen LogP contribution < -0.4 is 5.32 Å². The Morgan fingerprint density at radius 3 is 2.54 bits per heavy atom. The zero-order valence-electron chi connectivity index (χ0n) is 13.8. The number of pyridine rings is 1. The number of aromatic carboxylic acids is 1. The highest BCUT2D eigenvalue weighted by Crippen LogP contribution is 2.23. The number of aromatic nitrogens is 1. The van der Waals surface area contributed by atoms with Crippen LogP contribution in [0.3, 0.4) is 0 Å². The molecule has 0 unspecified atom stereocenters. The normalized spacial score (nSPS) is 10.5. The number of rotatable bonds is 6. The first-order valence-electron chi connectivity index (χ1n) is 7.99. The molecule has 26 heavy (non-hydrogen) atoms. The van der Waals surface area contributed by atoms with Gasteiger partial charge in [-0.05, 0) is 53.4 Å². The molecule has 5 nitrogen and oxygen atoms in total. The van der Waals surface area contributed by atoms with E-state index in [0.29, 0.717) is 17.3 Å². The highest BCUT2D eigenvalue weighted by molar-refractivity contribution is 6.30. The van der Waals surface area contributed by atoms with Gasteiger partial charge >= 0.3 is 5.97 Å². The summed E-state index contributed by atoms with van der Waals surface area (Å²) in [4.78, 5) is 15.2. The minimum Gasteiger partial charge on any atom is -0.507 e. The summed E-state index contributed by atoms with van der Waals surface area (Å²) in [6.45, 7) is 0.525. The molecule has 3 rings (SSSR count). The molecular formula is C20H17ClN2O3. The Morgan fingerprint density at radius 1 is 1.08 bits per heavy atom. The maximum atomic E-state index is 11.0. The van der Waals surface area contributed by atoms with Crippen molar-refractivity contribution in [3.63, 3.8) is 0 Å². The van der Waals surface area contributed by atoms with E-state index in [1.807, 2.05) is 36.5 Å². The van der Waals surface area contributed by atoms with Crippen LogP contribution in [0.25, 0.3) is 0 Å². The molecule has 0 saturated carbocycles. The molecule has 0 saturated heterocycles. The van der Waals surface area contributed by atoms with Crippen LogP contribution in [0, 0.1) is 0 Å². The van der Waals surface area contributed by atoms with Gasteiger partial charge in [0.05, 0.1) is 0 Å². The van der Waals surface area contributed by atoms with Gasteiger partial charge in [-0.1, -0.05) is 23.7 Å². The molecule has 132 valence electrons.